The molecule has 0 spiro atoms. The van der Waals surface area contributed by atoms with E-state index in [0.29, 0.717) is 16.3 Å². The summed E-state index contributed by atoms with van der Waals surface area (Å²) in [7, 11) is 1.38. The molecule has 10 heteroatoms. The lowest BCUT2D eigenvalue weighted by molar-refractivity contribution is -0.386. The number of methoxy groups -OCH3 is 1. The number of carbonyl (C=O) groups excluding carboxylic acids is 1. The van der Waals surface area contributed by atoms with Gasteiger partial charge in [-0.1, -0.05) is 48.0 Å². The van der Waals surface area contributed by atoms with Gasteiger partial charge in [-0.05, 0) is 29.8 Å². The van der Waals surface area contributed by atoms with Gasteiger partial charge in [-0.3, -0.25) is 10.1 Å². The molecule has 2 N–H and O–H groups in total. The standard InChI is InChI=1S/C22H19ClN4O5/c1-31-20-11-16(13-24-26-22(28)25-18-9-5-8-17(23)12-18)10-19(27(29)30)21(20)32-14-15-6-3-2-4-7-15/h2-13H,14H2,1H3,(H2,25,26,28)/b24-13-. The highest BCUT2D eigenvalue weighted by Gasteiger charge is 2.22. The summed E-state index contributed by atoms with van der Waals surface area (Å²) in [6.45, 7) is 0.136. The van der Waals surface area contributed by atoms with Crippen LogP contribution >= 0.6 is 11.6 Å². The van der Waals surface area contributed by atoms with Gasteiger partial charge in [0.05, 0.1) is 18.2 Å². The van der Waals surface area contributed by atoms with Crippen LogP contribution in [0.3, 0.4) is 0 Å². The van der Waals surface area contributed by atoms with Crippen LogP contribution in [0, 0.1) is 10.1 Å². The maximum Gasteiger partial charge on any atom is 0.339 e. The van der Waals surface area contributed by atoms with E-state index in [1.165, 1.54) is 25.5 Å². The fourth-order valence-electron chi connectivity index (χ4n) is 2.74. The van der Waals surface area contributed by atoms with Gasteiger partial charge in [0.15, 0.2) is 5.75 Å². The number of nitro groups is 1. The average molecular weight is 455 g/mol. The van der Waals surface area contributed by atoms with E-state index in [1.54, 1.807) is 24.3 Å². The van der Waals surface area contributed by atoms with Crippen LogP contribution in [-0.4, -0.2) is 24.3 Å². The van der Waals surface area contributed by atoms with Crippen molar-refractivity contribution in [3.05, 3.63) is 93.0 Å². The number of hydrogen-bond donors (Lipinski definition) is 2. The first-order valence-corrected chi connectivity index (χ1v) is 9.73. The number of benzene rings is 3. The van der Waals surface area contributed by atoms with Crippen molar-refractivity contribution in [3.8, 4) is 11.5 Å². The quantitative estimate of drug-likeness (QED) is 0.282. The van der Waals surface area contributed by atoms with Crippen molar-refractivity contribution >= 4 is 35.2 Å². The van der Waals surface area contributed by atoms with E-state index in [-0.39, 0.29) is 23.8 Å². The second-order valence-electron chi connectivity index (χ2n) is 6.44. The van der Waals surface area contributed by atoms with Crippen LogP contribution in [-0.2, 0) is 6.61 Å². The number of nitrogens with one attached hydrogen (secondary N) is 2. The largest absolute Gasteiger partial charge is 0.493 e. The molecule has 3 aromatic rings. The van der Waals surface area contributed by atoms with E-state index in [1.807, 2.05) is 30.3 Å². The lowest BCUT2D eigenvalue weighted by atomic mass is 10.1. The molecule has 0 aliphatic carbocycles. The van der Waals surface area contributed by atoms with Gasteiger partial charge in [-0.2, -0.15) is 5.10 Å². The molecule has 0 saturated heterocycles. The number of hydrazone groups is 1. The van der Waals surface area contributed by atoms with E-state index in [9.17, 15) is 14.9 Å². The van der Waals surface area contributed by atoms with E-state index in [0.717, 1.165) is 5.56 Å². The van der Waals surface area contributed by atoms with Crippen LogP contribution in [0.2, 0.25) is 5.02 Å². The lowest BCUT2D eigenvalue weighted by Gasteiger charge is -2.12. The molecule has 0 atom stereocenters. The summed E-state index contributed by atoms with van der Waals surface area (Å²) in [5.74, 6) is 0.171. The Kier molecular flexibility index (Phi) is 7.60. The third-order valence-electron chi connectivity index (χ3n) is 4.16. The highest BCUT2D eigenvalue weighted by atomic mass is 35.5. The molecule has 0 bridgehead atoms. The SMILES string of the molecule is COc1cc(/C=N\NC(=O)Nc2cccc(Cl)c2)cc([N+](=O)[O-])c1OCc1ccccc1. The minimum Gasteiger partial charge on any atom is -0.493 e. The molecule has 9 nitrogen and oxygen atoms in total. The Bertz CT molecular complexity index is 1140. The summed E-state index contributed by atoms with van der Waals surface area (Å²) in [4.78, 5) is 23.0. The zero-order chi connectivity index (χ0) is 22.9. The predicted molar refractivity (Wildman–Crippen MR) is 122 cm³/mol. The molecule has 0 saturated carbocycles. The predicted octanol–water partition coefficient (Wildman–Crippen LogP) is 4.99. The van der Waals surface area contributed by atoms with Crippen molar-refractivity contribution in [2.24, 2.45) is 5.10 Å². The molecule has 164 valence electrons. The minimum absolute atomic E-state index is 0.00478. The Morgan fingerprint density at radius 1 is 1.16 bits per heavy atom. The first-order valence-electron chi connectivity index (χ1n) is 9.35. The third-order valence-corrected chi connectivity index (χ3v) is 4.40. The zero-order valence-electron chi connectivity index (χ0n) is 16.9. The number of nitro benzene ring substituents is 1. The number of ether oxygens (including phenoxy) is 2. The summed E-state index contributed by atoms with van der Waals surface area (Å²) in [5.41, 5.74) is 3.67. The normalized spacial score (nSPS) is 10.6. The summed E-state index contributed by atoms with van der Waals surface area (Å²) < 4.78 is 11.0. The maximum atomic E-state index is 12.0. The van der Waals surface area contributed by atoms with Crippen LogP contribution in [0.4, 0.5) is 16.2 Å². The number of hydrogen-bond acceptors (Lipinski definition) is 6. The van der Waals surface area contributed by atoms with Gasteiger partial charge >= 0.3 is 11.7 Å². The third kappa shape index (κ3) is 6.19. The fraction of sp³-hybridized carbons (Fsp3) is 0.0909. The molecule has 2 amide bonds. The van der Waals surface area contributed by atoms with Crippen LogP contribution < -0.4 is 20.2 Å². The Labute approximate surface area is 188 Å². The Hall–Kier alpha value is -4.11. The molecule has 0 unspecified atom stereocenters. The monoisotopic (exact) mass is 454 g/mol. The van der Waals surface area contributed by atoms with Gasteiger partial charge in [-0.25, -0.2) is 10.2 Å². The molecule has 32 heavy (non-hydrogen) atoms. The highest BCUT2D eigenvalue weighted by molar-refractivity contribution is 6.30. The number of nitrogens with zero attached hydrogens (tertiary/aromatic N) is 2. The molecule has 0 radical (unpaired) electrons. The van der Waals surface area contributed by atoms with Gasteiger partial charge in [0.25, 0.3) is 0 Å². The Morgan fingerprint density at radius 3 is 2.62 bits per heavy atom. The molecule has 0 aliphatic rings. The van der Waals surface area contributed by atoms with Crippen LogP contribution in [0.1, 0.15) is 11.1 Å². The van der Waals surface area contributed by atoms with Crippen LogP contribution in [0.5, 0.6) is 11.5 Å². The van der Waals surface area contributed by atoms with Crippen molar-refractivity contribution in [1.82, 2.24) is 5.43 Å². The van der Waals surface area contributed by atoms with Gasteiger partial charge in [0.1, 0.15) is 6.61 Å². The zero-order valence-corrected chi connectivity index (χ0v) is 17.7. The number of urea groups is 1. The molecule has 0 fully saturated rings. The average Bonchev–Trinajstić information content (AvgIpc) is 2.78. The minimum atomic E-state index is -0.604. The van der Waals surface area contributed by atoms with Gasteiger partial charge < -0.3 is 14.8 Å². The molecular weight excluding hydrogens is 436 g/mol. The van der Waals surface area contributed by atoms with Gasteiger partial charge in [0.2, 0.25) is 5.75 Å². The van der Waals surface area contributed by atoms with E-state index >= 15 is 0 Å². The first-order chi connectivity index (χ1) is 15.5. The van der Waals surface area contributed by atoms with Gasteiger partial charge in [0, 0.05) is 22.3 Å². The van der Waals surface area contributed by atoms with Crippen LogP contribution in [0.25, 0.3) is 0 Å². The van der Waals surface area contributed by atoms with Crippen molar-refractivity contribution in [2.45, 2.75) is 6.61 Å². The van der Waals surface area contributed by atoms with Crippen molar-refractivity contribution in [2.75, 3.05) is 12.4 Å². The summed E-state index contributed by atoms with van der Waals surface area (Å²) in [5, 5.41) is 18.5. The smallest absolute Gasteiger partial charge is 0.339 e. The van der Waals surface area contributed by atoms with E-state index in [2.05, 4.69) is 15.8 Å². The second kappa shape index (κ2) is 10.8. The second-order valence-corrected chi connectivity index (χ2v) is 6.87. The topological polar surface area (TPSA) is 115 Å². The number of halogens is 1. The molecule has 0 aliphatic heterocycles. The molecule has 0 heterocycles. The van der Waals surface area contributed by atoms with E-state index in [4.69, 9.17) is 21.1 Å². The van der Waals surface area contributed by atoms with Crippen molar-refractivity contribution in [1.29, 1.82) is 0 Å². The summed E-state index contributed by atoms with van der Waals surface area (Å²) in [6.07, 6.45) is 1.26. The fourth-order valence-corrected chi connectivity index (χ4v) is 2.93. The lowest BCUT2D eigenvalue weighted by Crippen LogP contribution is -2.24. The molecule has 3 aromatic carbocycles. The molecule has 3 rings (SSSR count). The van der Waals surface area contributed by atoms with Crippen molar-refractivity contribution < 1.29 is 19.2 Å². The first kappa shape index (κ1) is 22.6. The Balaban J connectivity index is 1.73. The summed E-state index contributed by atoms with van der Waals surface area (Å²) >= 11 is 5.87. The number of rotatable bonds is 8. The Morgan fingerprint density at radius 2 is 1.94 bits per heavy atom. The van der Waals surface area contributed by atoms with Gasteiger partial charge in [-0.15, -0.1) is 0 Å². The number of amides is 2. The van der Waals surface area contributed by atoms with Crippen LogP contribution in [0.15, 0.2) is 71.8 Å². The number of anilines is 1. The van der Waals surface area contributed by atoms with E-state index < -0.39 is 11.0 Å². The molecular formula is C22H19ClN4O5. The number of carbonyl (C=O) groups is 1. The highest BCUT2D eigenvalue weighted by Crippen LogP contribution is 2.38. The summed E-state index contributed by atoms with van der Waals surface area (Å²) in [6, 6.07) is 18.1. The van der Waals surface area contributed by atoms with Crippen molar-refractivity contribution in [3.63, 3.8) is 0 Å². The maximum absolute atomic E-state index is 12.0. The molecule has 0 aromatic heterocycles.